The second kappa shape index (κ2) is 7.02. The van der Waals surface area contributed by atoms with Gasteiger partial charge in [-0.05, 0) is 39.7 Å². The van der Waals surface area contributed by atoms with E-state index >= 15 is 0 Å². The molecule has 0 spiro atoms. The van der Waals surface area contributed by atoms with E-state index in [0.717, 1.165) is 19.8 Å². The van der Waals surface area contributed by atoms with Crippen LogP contribution in [0.5, 0.6) is 0 Å². The van der Waals surface area contributed by atoms with Crippen molar-refractivity contribution in [2.75, 3.05) is 19.8 Å². The predicted molar refractivity (Wildman–Crippen MR) is 65.1 cm³/mol. The van der Waals surface area contributed by atoms with Gasteiger partial charge in [-0.3, -0.25) is 0 Å². The van der Waals surface area contributed by atoms with Gasteiger partial charge in [-0.1, -0.05) is 18.6 Å². The standard InChI is InChI=1S/C13H25NO/c1-4-7-14-13(9-11(2)3)12-6-5-8-15-10-12/h9,12-14H,4-8,10H2,1-3H3. The summed E-state index contributed by atoms with van der Waals surface area (Å²) in [5.41, 5.74) is 1.40. The maximum absolute atomic E-state index is 5.56. The van der Waals surface area contributed by atoms with Gasteiger partial charge in [-0.2, -0.15) is 0 Å². The molecule has 0 amide bonds. The van der Waals surface area contributed by atoms with Crippen LogP contribution in [0.15, 0.2) is 11.6 Å². The van der Waals surface area contributed by atoms with Crippen LogP contribution in [0.25, 0.3) is 0 Å². The third kappa shape index (κ3) is 4.80. The van der Waals surface area contributed by atoms with Gasteiger partial charge in [0.15, 0.2) is 0 Å². The van der Waals surface area contributed by atoms with Crippen LogP contribution >= 0.6 is 0 Å². The Balaban J connectivity index is 2.49. The zero-order chi connectivity index (χ0) is 11.1. The van der Waals surface area contributed by atoms with Gasteiger partial charge in [0.1, 0.15) is 0 Å². The molecule has 2 atom stereocenters. The van der Waals surface area contributed by atoms with Crippen molar-refractivity contribution in [1.29, 1.82) is 0 Å². The maximum Gasteiger partial charge on any atom is 0.0512 e. The third-order valence-corrected chi connectivity index (χ3v) is 2.85. The highest BCUT2D eigenvalue weighted by atomic mass is 16.5. The number of allylic oxidation sites excluding steroid dienone is 1. The lowest BCUT2D eigenvalue weighted by atomic mass is 9.92. The van der Waals surface area contributed by atoms with Crippen LogP contribution in [-0.2, 0) is 4.74 Å². The molecule has 1 aliphatic heterocycles. The number of ether oxygens (including phenoxy) is 1. The van der Waals surface area contributed by atoms with Crippen LogP contribution in [-0.4, -0.2) is 25.8 Å². The number of rotatable bonds is 5. The lowest BCUT2D eigenvalue weighted by Gasteiger charge is -2.29. The summed E-state index contributed by atoms with van der Waals surface area (Å²) in [4.78, 5) is 0. The molecule has 88 valence electrons. The molecule has 1 rings (SSSR count). The second-order valence-electron chi connectivity index (χ2n) is 4.70. The minimum atomic E-state index is 0.509. The van der Waals surface area contributed by atoms with Crippen molar-refractivity contribution in [3.8, 4) is 0 Å². The summed E-state index contributed by atoms with van der Waals surface area (Å²) in [5.74, 6) is 0.667. The Bertz CT molecular complexity index is 191. The Morgan fingerprint density at radius 3 is 2.87 bits per heavy atom. The summed E-state index contributed by atoms with van der Waals surface area (Å²) in [6, 6.07) is 0.509. The van der Waals surface area contributed by atoms with Crippen LogP contribution in [0, 0.1) is 5.92 Å². The molecule has 2 unspecified atom stereocenters. The summed E-state index contributed by atoms with van der Waals surface area (Å²) < 4.78 is 5.56. The van der Waals surface area contributed by atoms with E-state index in [-0.39, 0.29) is 0 Å². The minimum Gasteiger partial charge on any atom is -0.381 e. The van der Waals surface area contributed by atoms with Crippen molar-refractivity contribution in [3.63, 3.8) is 0 Å². The monoisotopic (exact) mass is 211 g/mol. The summed E-state index contributed by atoms with van der Waals surface area (Å²) in [6.45, 7) is 9.53. The van der Waals surface area contributed by atoms with E-state index in [1.165, 1.54) is 24.8 Å². The lowest BCUT2D eigenvalue weighted by Crippen LogP contribution is -2.39. The van der Waals surface area contributed by atoms with Crippen LogP contribution in [0.4, 0.5) is 0 Å². The van der Waals surface area contributed by atoms with E-state index in [1.807, 2.05) is 0 Å². The lowest BCUT2D eigenvalue weighted by molar-refractivity contribution is 0.0458. The van der Waals surface area contributed by atoms with Gasteiger partial charge in [-0.25, -0.2) is 0 Å². The molecule has 2 heteroatoms. The maximum atomic E-state index is 5.56. The molecule has 1 N–H and O–H groups in total. The van der Waals surface area contributed by atoms with Crippen molar-refractivity contribution in [2.24, 2.45) is 5.92 Å². The summed E-state index contributed by atoms with van der Waals surface area (Å²) in [5, 5.41) is 3.61. The molecule has 1 heterocycles. The molecular formula is C13H25NO. The van der Waals surface area contributed by atoms with Crippen molar-refractivity contribution in [2.45, 2.75) is 46.1 Å². The zero-order valence-electron chi connectivity index (χ0n) is 10.4. The number of nitrogens with one attached hydrogen (secondary N) is 1. The molecule has 0 radical (unpaired) electrons. The fourth-order valence-electron chi connectivity index (χ4n) is 2.08. The Morgan fingerprint density at radius 1 is 1.53 bits per heavy atom. The Morgan fingerprint density at radius 2 is 2.33 bits per heavy atom. The average Bonchev–Trinajstić information content (AvgIpc) is 2.25. The van der Waals surface area contributed by atoms with E-state index in [4.69, 9.17) is 4.74 Å². The van der Waals surface area contributed by atoms with Gasteiger partial charge < -0.3 is 10.1 Å². The van der Waals surface area contributed by atoms with Crippen molar-refractivity contribution >= 4 is 0 Å². The normalized spacial score (nSPS) is 23.5. The molecule has 0 aromatic rings. The predicted octanol–water partition coefficient (Wildman–Crippen LogP) is 2.75. The molecule has 0 aromatic carbocycles. The highest BCUT2D eigenvalue weighted by molar-refractivity contribution is 5.03. The fraction of sp³-hybridized carbons (Fsp3) is 0.846. The molecule has 15 heavy (non-hydrogen) atoms. The largest absolute Gasteiger partial charge is 0.381 e. The van der Waals surface area contributed by atoms with Crippen LogP contribution in [0.1, 0.15) is 40.0 Å². The van der Waals surface area contributed by atoms with Gasteiger partial charge >= 0.3 is 0 Å². The van der Waals surface area contributed by atoms with Gasteiger partial charge in [-0.15, -0.1) is 0 Å². The van der Waals surface area contributed by atoms with Crippen LogP contribution in [0.3, 0.4) is 0 Å². The van der Waals surface area contributed by atoms with Crippen LogP contribution in [0.2, 0.25) is 0 Å². The molecule has 2 nitrogen and oxygen atoms in total. The highest BCUT2D eigenvalue weighted by Crippen LogP contribution is 2.19. The summed E-state index contributed by atoms with van der Waals surface area (Å²) in [6.07, 6.45) is 6.06. The van der Waals surface area contributed by atoms with Crippen molar-refractivity contribution in [3.05, 3.63) is 11.6 Å². The van der Waals surface area contributed by atoms with Crippen molar-refractivity contribution in [1.82, 2.24) is 5.32 Å². The first-order chi connectivity index (χ1) is 7.24. The first kappa shape index (κ1) is 12.7. The topological polar surface area (TPSA) is 21.3 Å². The smallest absolute Gasteiger partial charge is 0.0512 e. The molecule has 0 aliphatic carbocycles. The van der Waals surface area contributed by atoms with Gasteiger partial charge in [0, 0.05) is 18.6 Å². The number of hydrogen-bond acceptors (Lipinski definition) is 2. The first-order valence-corrected chi connectivity index (χ1v) is 6.20. The van der Waals surface area contributed by atoms with E-state index < -0.39 is 0 Å². The van der Waals surface area contributed by atoms with E-state index in [9.17, 15) is 0 Å². The second-order valence-corrected chi connectivity index (χ2v) is 4.70. The molecule has 1 saturated heterocycles. The molecule has 0 aromatic heterocycles. The van der Waals surface area contributed by atoms with E-state index in [1.54, 1.807) is 0 Å². The quantitative estimate of drug-likeness (QED) is 0.706. The molecule has 0 saturated carbocycles. The van der Waals surface area contributed by atoms with E-state index in [0.29, 0.717) is 12.0 Å². The fourth-order valence-corrected chi connectivity index (χ4v) is 2.08. The molecule has 0 bridgehead atoms. The zero-order valence-corrected chi connectivity index (χ0v) is 10.4. The van der Waals surface area contributed by atoms with Crippen molar-refractivity contribution < 1.29 is 4.74 Å². The Hall–Kier alpha value is -0.340. The molecular weight excluding hydrogens is 186 g/mol. The van der Waals surface area contributed by atoms with Gasteiger partial charge in [0.05, 0.1) is 6.61 Å². The Kier molecular flexibility index (Phi) is 5.96. The number of hydrogen-bond donors (Lipinski definition) is 1. The van der Waals surface area contributed by atoms with Gasteiger partial charge in [0.25, 0.3) is 0 Å². The van der Waals surface area contributed by atoms with E-state index in [2.05, 4.69) is 32.2 Å². The first-order valence-electron chi connectivity index (χ1n) is 6.20. The highest BCUT2D eigenvalue weighted by Gasteiger charge is 2.21. The summed E-state index contributed by atoms with van der Waals surface area (Å²) in [7, 11) is 0. The van der Waals surface area contributed by atoms with Crippen LogP contribution < -0.4 is 5.32 Å². The molecule has 1 aliphatic rings. The molecule has 1 fully saturated rings. The van der Waals surface area contributed by atoms with Gasteiger partial charge in [0.2, 0.25) is 0 Å². The average molecular weight is 211 g/mol. The SMILES string of the molecule is CCCNC(C=C(C)C)C1CCCOC1. The Labute approximate surface area is 94.1 Å². The summed E-state index contributed by atoms with van der Waals surface area (Å²) >= 11 is 0. The third-order valence-electron chi connectivity index (χ3n) is 2.85. The minimum absolute atomic E-state index is 0.509.